The minimum atomic E-state index is -3.28. The Morgan fingerprint density at radius 2 is 2.00 bits per heavy atom. The van der Waals surface area contributed by atoms with Gasteiger partial charge >= 0.3 is 0 Å². The van der Waals surface area contributed by atoms with Crippen molar-refractivity contribution >= 4 is 27.3 Å². The molecule has 1 N–H and O–H groups in total. The zero-order chi connectivity index (χ0) is 13.6. The molecule has 0 atom stereocenters. The van der Waals surface area contributed by atoms with Gasteiger partial charge in [-0.05, 0) is 31.0 Å². The maximum absolute atomic E-state index is 11.6. The van der Waals surface area contributed by atoms with E-state index in [4.69, 9.17) is 16.3 Å². The van der Waals surface area contributed by atoms with Crippen molar-refractivity contribution in [3.63, 3.8) is 0 Å². The predicted octanol–water partition coefficient (Wildman–Crippen LogP) is 3.28. The summed E-state index contributed by atoms with van der Waals surface area (Å²) in [7, 11) is -3.28. The SMILES string of the molecule is CCCOc1ccc(NS(=O)(=O)CCC)cc1Cl. The number of rotatable bonds is 7. The lowest BCUT2D eigenvalue weighted by Gasteiger charge is -2.10. The summed E-state index contributed by atoms with van der Waals surface area (Å²) in [6, 6.07) is 4.87. The number of sulfonamides is 1. The quantitative estimate of drug-likeness (QED) is 0.839. The normalized spacial score (nSPS) is 11.3. The molecule has 0 saturated carbocycles. The average Bonchev–Trinajstić information content (AvgIpc) is 2.27. The van der Waals surface area contributed by atoms with Crippen molar-refractivity contribution < 1.29 is 13.2 Å². The van der Waals surface area contributed by atoms with E-state index in [1.54, 1.807) is 18.2 Å². The summed E-state index contributed by atoms with van der Waals surface area (Å²) >= 11 is 6.01. The van der Waals surface area contributed by atoms with E-state index in [2.05, 4.69) is 4.72 Å². The van der Waals surface area contributed by atoms with Crippen LogP contribution in [0.15, 0.2) is 18.2 Å². The van der Waals surface area contributed by atoms with E-state index in [-0.39, 0.29) is 5.75 Å². The Bertz CT molecular complexity index is 488. The van der Waals surface area contributed by atoms with Gasteiger partial charge in [-0.25, -0.2) is 8.42 Å². The summed E-state index contributed by atoms with van der Waals surface area (Å²) in [5.41, 5.74) is 0.456. The molecule has 0 aromatic heterocycles. The van der Waals surface area contributed by atoms with Crippen molar-refractivity contribution in [2.24, 2.45) is 0 Å². The lowest BCUT2D eigenvalue weighted by atomic mass is 10.3. The lowest BCUT2D eigenvalue weighted by Crippen LogP contribution is -2.16. The van der Waals surface area contributed by atoms with Gasteiger partial charge in [-0.2, -0.15) is 0 Å². The smallest absolute Gasteiger partial charge is 0.232 e. The molecule has 0 aliphatic carbocycles. The molecule has 0 bridgehead atoms. The third kappa shape index (κ3) is 4.74. The third-order valence-electron chi connectivity index (χ3n) is 2.14. The van der Waals surface area contributed by atoms with E-state index in [9.17, 15) is 8.42 Å². The summed E-state index contributed by atoms with van der Waals surface area (Å²) in [5.74, 6) is 0.663. The van der Waals surface area contributed by atoms with Crippen LogP contribution >= 0.6 is 11.6 Å². The maximum Gasteiger partial charge on any atom is 0.232 e. The number of anilines is 1. The molecule has 18 heavy (non-hydrogen) atoms. The highest BCUT2D eigenvalue weighted by Gasteiger charge is 2.10. The fraction of sp³-hybridized carbons (Fsp3) is 0.500. The Balaban J connectivity index is 2.78. The number of hydrogen-bond acceptors (Lipinski definition) is 3. The van der Waals surface area contributed by atoms with Crippen LogP contribution in [0.3, 0.4) is 0 Å². The van der Waals surface area contributed by atoms with Crippen LogP contribution in [0.5, 0.6) is 5.75 Å². The van der Waals surface area contributed by atoms with Crippen LogP contribution in [0.4, 0.5) is 5.69 Å². The van der Waals surface area contributed by atoms with E-state index in [1.807, 2.05) is 13.8 Å². The van der Waals surface area contributed by atoms with Gasteiger partial charge in [0.1, 0.15) is 5.75 Å². The topological polar surface area (TPSA) is 55.4 Å². The molecule has 1 aromatic carbocycles. The fourth-order valence-electron chi connectivity index (χ4n) is 1.39. The molecule has 4 nitrogen and oxygen atoms in total. The molecule has 0 spiro atoms. The van der Waals surface area contributed by atoms with Gasteiger partial charge < -0.3 is 4.74 Å². The molecule has 0 heterocycles. The number of hydrogen-bond donors (Lipinski definition) is 1. The minimum Gasteiger partial charge on any atom is -0.492 e. The van der Waals surface area contributed by atoms with Gasteiger partial charge in [0.05, 0.1) is 23.1 Å². The van der Waals surface area contributed by atoms with Gasteiger partial charge in [-0.15, -0.1) is 0 Å². The third-order valence-corrected chi connectivity index (χ3v) is 3.93. The monoisotopic (exact) mass is 291 g/mol. The van der Waals surface area contributed by atoms with Crippen LogP contribution in [0.2, 0.25) is 5.02 Å². The first kappa shape index (κ1) is 15.1. The van der Waals surface area contributed by atoms with E-state index < -0.39 is 10.0 Å². The zero-order valence-electron chi connectivity index (χ0n) is 10.6. The molecule has 1 rings (SSSR count). The fourth-order valence-corrected chi connectivity index (χ4v) is 2.75. The van der Waals surface area contributed by atoms with Gasteiger partial charge in [-0.1, -0.05) is 25.4 Å². The molecule has 0 saturated heterocycles. The Morgan fingerprint density at radius 3 is 2.56 bits per heavy atom. The predicted molar refractivity (Wildman–Crippen MR) is 74.9 cm³/mol. The van der Waals surface area contributed by atoms with Crippen molar-refractivity contribution in [1.29, 1.82) is 0 Å². The summed E-state index contributed by atoms with van der Waals surface area (Å²) < 4.78 is 31.1. The van der Waals surface area contributed by atoms with Gasteiger partial charge in [0, 0.05) is 0 Å². The molecule has 0 radical (unpaired) electrons. The molecule has 1 aromatic rings. The van der Waals surface area contributed by atoms with Crippen LogP contribution < -0.4 is 9.46 Å². The second-order valence-electron chi connectivity index (χ2n) is 3.91. The number of benzene rings is 1. The van der Waals surface area contributed by atoms with Crippen molar-refractivity contribution in [2.75, 3.05) is 17.1 Å². The molecule has 0 aliphatic heterocycles. The van der Waals surface area contributed by atoms with E-state index in [0.717, 1.165) is 6.42 Å². The highest BCUT2D eigenvalue weighted by Crippen LogP contribution is 2.28. The van der Waals surface area contributed by atoms with Crippen LogP contribution in [0.25, 0.3) is 0 Å². The summed E-state index contributed by atoms with van der Waals surface area (Å²) in [4.78, 5) is 0. The molecule has 102 valence electrons. The number of ether oxygens (including phenoxy) is 1. The molecular formula is C12H18ClNO3S. The Kier molecular flexibility index (Phi) is 5.75. The van der Waals surface area contributed by atoms with E-state index in [0.29, 0.717) is 29.5 Å². The highest BCUT2D eigenvalue weighted by atomic mass is 35.5. The summed E-state index contributed by atoms with van der Waals surface area (Å²) in [6.07, 6.45) is 1.46. The van der Waals surface area contributed by atoms with Crippen LogP contribution in [0, 0.1) is 0 Å². The Labute approximate surface area is 113 Å². The molecule has 0 amide bonds. The van der Waals surface area contributed by atoms with Gasteiger partial charge in [-0.3, -0.25) is 4.72 Å². The first-order valence-electron chi connectivity index (χ1n) is 5.91. The van der Waals surface area contributed by atoms with E-state index in [1.165, 1.54) is 0 Å². The van der Waals surface area contributed by atoms with Crippen LogP contribution in [-0.4, -0.2) is 20.8 Å². The first-order valence-corrected chi connectivity index (χ1v) is 7.94. The molecule has 6 heteroatoms. The first-order chi connectivity index (χ1) is 8.48. The van der Waals surface area contributed by atoms with Crippen LogP contribution in [-0.2, 0) is 10.0 Å². The standard InChI is InChI=1S/C12H18ClNO3S/c1-3-7-17-12-6-5-10(9-11(12)13)14-18(15,16)8-4-2/h5-6,9,14H,3-4,7-8H2,1-2H3. The lowest BCUT2D eigenvalue weighted by molar-refractivity contribution is 0.317. The van der Waals surface area contributed by atoms with Crippen LogP contribution in [0.1, 0.15) is 26.7 Å². The minimum absolute atomic E-state index is 0.0959. The second kappa shape index (κ2) is 6.85. The molecule has 0 aliphatic rings. The van der Waals surface area contributed by atoms with Gasteiger partial charge in [0.15, 0.2) is 0 Å². The van der Waals surface area contributed by atoms with Crippen molar-refractivity contribution in [3.8, 4) is 5.75 Å². The van der Waals surface area contributed by atoms with Crippen molar-refractivity contribution in [3.05, 3.63) is 23.2 Å². The van der Waals surface area contributed by atoms with Crippen molar-refractivity contribution in [2.45, 2.75) is 26.7 Å². The van der Waals surface area contributed by atoms with E-state index >= 15 is 0 Å². The number of halogens is 1. The Hall–Kier alpha value is -0.940. The van der Waals surface area contributed by atoms with Gasteiger partial charge in [0.25, 0.3) is 0 Å². The largest absolute Gasteiger partial charge is 0.492 e. The summed E-state index contributed by atoms with van der Waals surface area (Å²) in [6.45, 7) is 4.40. The van der Waals surface area contributed by atoms with Crippen molar-refractivity contribution in [1.82, 2.24) is 0 Å². The maximum atomic E-state index is 11.6. The summed E-state index contributed by atoms with van der Waals surface area (Å²) in [5, 5.41) is 0.403. The highest BCUT2D eigenvalue weighted by molar-refractivity contribution is 7.92. The average molecular weight is 292 g/mol. The molecule has 0 unspecified atom stereocenters. The second-order valence-corrected chi connectivity index (χ2v) is 6.16. The Morgan fingerprint density at radius 1 is 1.28 bits per heavy atom. The van der Waals surface area contributed by atoms with Gasteiger partial charge in [0.2, 0.25) is 10.0 Å². The molecule has 0 fully saturated rings. The zero-order valence-corrected chi connectivity index (χ0v) is 12.1. The molecular weight excluding hydrogens is 274 g/mol. The number of nitrogens with one attached hydrogen (secondary N) is 1.